The minimum Gasteiger partial charge on any atom is -0.481 e. The molecule has 1 aliphatic heterocycles. The summed E-state index contributed by atoms with van der Waals surface area (Å²) in [5.41, 5.74) is 4.93. The normalized spacial score (nSPS) is 35.8. The smallest absolute Gasteiger partial charge is 0.303 e. The molecule has 6 aliphatic rings. The Morgan fingerprint density at radius 1 is 0.911 bits per heavy atom. The molecule has 3 heteroatoms. The lowest BCUT2D eigenvalue weighted by Gasteiger charge is -2.58. The first-order valence-corrected chi connectivity index (χ1v) is 17.7. The first-order chi connectivity index (χ1) is 21.8. The zero-order chi connectivity index (χ0) is 30.8. The number of fused-ring (bicyclic) bond motifs is 11. The Balaban J connectivity index is 0.000000134. The van der Waals surface area contributed by atoms with E-state index in [0.29, 0.717) is 29.8 Å². The minimum atomic E-state index is -0.613. The van der Waals surface area contributed by atoms with Gasteiger partial charge in [-0.3, -0.25) is 4.79 Å². The SMILES string of the molecule is C1=CC2(C=Cc3c2ccc2c3ccc3ccccc32)OC1.C[C@]12CC[C@H]3[C@@H](CCC4=CCCC[C@@]43C)[C@@H]1CC[C@@H]2CCC(=O)O. The molecule has 5 aliphatic carbocycles. The summed E-state index contributed by atoms with van der Waals surface area (Å²) in [5, 5.41) is 14.3. The highest BCUT2D eigenvalue weighted by Gasteiger charge is 2.58. The van der Waals surface area contributed by atoms with Crippen molar-refractivity contribution in [2.45, 2.75) is 90.1 Å². The predicted octanol–water partition coefficient (Wildman–Crippen LogP) is 10.6. The summed E-state index contributed by atoms with van der Waals surface area (Å²) in [7, 11) is 0. The quantitative estimate of drug-likeness (QED) is 0.240. The highest BCUT2D eigenvalue weighted by Crippen LogP contribution is 2.67. The van der Waals surface area contributed by atoms with Crippen molar-refractivity contribution in [1.82, 2.24) is 0 Å². The van der Waals surface area contributed by atoms with Gasteiger partial charge in [0.2, 0.25) is 0 Å². The lowest BCUT2D eigenvalue weighted by Crippen LogP contribution is -2.50. The first-order valence-electron chi connectivity index (χ1n) is 17.7. The van der Waals surface area contributed by atoms with Crippen LogP contribution < -0.4 is 0 Å². The lowest BCUT2D eigenvalue weighted by molar-refractivity contribution is -0.137. The molecule has 0 bridgehead atoms. The molecule has 3 aromatic rings. The van der Waals surface area contributed by atoms with Crippen molar-refractivity contribution < 1.29 is 14.6 Å². The average Bonchev–Trinajstić information content (AvgIpc) is 3.77. The van der Waals surface area contributed by atoms with Gasteiger partial charge >= 0.3 is 5.97 Å². The Labute approximate surface area is 268 Å². The van der Waals surface area contributed by atoms with Crippen LogP contribution in [0.5, 0.6) is 0 Å². The van der Waals surface area contributed by atoms with Gasteiger partial charge in [-0.05, 0) is 144 Å². The van der Waals surface area contributed by atoms with E-state index in [2.05, 4.69) is 92.8 Å². The van der Waals surface area contributed by atoms with Crippen LogP contribution in [0.25, 0.3) is 27.6 Å². The molecule has 1 spiro atoms. The highest BCUT2D eigenvalue weighted by molar-refractivity contribution is 6.10. The zero-order valence-corrected chi connectivity index (χ0v) is 27.1. The van der Waals surface area contributed by atoms with E-state index >= 15 is 0 Å². The summed E-state index contributed by atoms with van der Waals surface area (Å²) in [6.45, 7) is 5.79. The van der Waals surface area contributed by atoms with Crippen LogP contribution in [0.15, 0.2) is 78.4 Å². The number of carbonyl (C=O) groups is 1. The van der Waals surface area contributed by atoms with Crippen LogP contribution in [0, 0.1) is 34.5 Å². The third-order valence-electron chi connectivity index (χ3n) is 13.6. The Hall–Kier alpha value is -3.17. The summed E-state index contributed by atoms with van der Waals surface area (Å²) >= 11 is 0. The maximum absolute atomic E-state index is 11.0. The third kappa shape index (κ3) is 4.59. The Morgan fingerprint density at radius 2 is 1.78 bits per heavy atom. The van der Waals surface area contributed by atoms with Gasteiger partial charge in [0.1, 0.15) is 5.60 Å². The molecular formula is C42H48O3. The fraction of sp³-hybridized carbons (Fsp3) is 0.500. The van der Waals surface area contributed by atoms with Crippen LogP contribution in [0.4, 0.5) is 0 Å². The summed E-state index contributed by atoms with van der Waals surface area (Å²) < 4.78 is 5.97. The Morgan fingerprint density at radius 3 is 2.62 bits per heavy atom. The van der Waals surface area contributed by atoms with Crippen molar-refractivity contribution in [2.75, 3.05) is 6.61 Å². The molecule has 45 heavy (non-hydrogen) atoms. The van der Waals surface area contributed by atoms with E-state index in [1.54, 1.807) is 5.57 Å². The van der Waals surface area contributed by atoms with Gasteiger partial charge in [0.25, 0.3) is 0 Å². The summed E-state index contributed by atoms with van der Waals surface area (Å²) in [6, 6.07) is 17.5. The van der Waals surface area contributed by atoms with Gasteiger partial charge in [-0.25, -0.2) is 0 Å². The molecule has 3 aromatic carbocycles. The largest absolute Gasteiger partial charge is 0.481 e. The van der Waals surface area contributed by atoms with Crippen LogP contribution in [0.2, 0.25) is 0 Å². The molecule has 3 saturated carbocycles. The number of hydrogen-bond donors (Lipinski definition) is 1. The fourth-order valence-corrected chi connectivity index (χ4v) is 11.3. The van der Waals surface area contributed by atoms with Crippen molar-refractivity contribution in [3.63, 3.8) is 0 Å². The third-order valence-corrected chi connectivity index (χ3v) is 13.6. The van der Waals surface area contributed by atoms with Crippen LogP contribution in [-0.2, 0) is 15.1 Å². The van der Waals surface area contributed by atoms with E-state index in [-0.39, 0.29) is 5.60 Å². The maximum Gasteiger partial charge on any atom is 0.303 e. The fourth-order valence-electron chi connectivity index (χ4n) is 11.3. The number of benzene rings is 3. The van der Waals surface area contributed by atoms with Gasteiger partial charge < -0.3 is 9.84 Å². The molecule has 0 saturated heterocycles. The molecule has 1 N–H and O–H groups in total. The number of carboxylic acids is 1. The number of rotatable bonds is 3. The van der Waals surface area contributed by atoms with E-state index in [9.17, 15) is 4.79 Å². The predicted molar refractivity (Wildman–Crippen MR) is 184 cm³/mol. The van der Waals surface area contributed by atoms with Crippen molar-refractivity contribution in [1.29, 1.82) is 0 Å². The van der Waals surface area contributed by atoms with Gasteiger partial charge in [0.05, 0.1) is 6.61 Å². The molecule has 1 heterocycles. The standard InChI is InChI=1S/C22H34O2.C20H14O/c1-21-13-4-3-5-15(21)6-9-17-18-10-7-16(8-11-20(23)24)22(18,2)14-12-19(17)21;1-2-5-15-14(4-1)6-7-17-16(15)8-9-19-18(17)10-12-20(19)11-3-13-21-20/h5,16-19H,3-4,6-14H2,1-2H3,(H,23,24);1-12H,13H2/t16-,17+,18+,19+,21+,22-;/m1./s1. The van der Waals surface area contributed by atoms with Gasteiger partial charge in [-0.1, -0.05) is 86.2 Å². The second kappa shape index (κ2) is 11.0. The van der Waals surface area contributed by atoms with Crippen molar-refractivity contribution in [3.05, 3.63) is 89.5 Å². The Bertz CT molecular complexity index is 1750. The highest BCUT2D eigenvalue weighted by atomic mass is 16.5. The van der Waals surface area contributed by atoms with E-state index in [0.717, 1.165) is 24.2 Å². The van der Waals surface area contributed by atoms with Gasteiger partial charge in [-0.2, -0.15) is 0 Å². The molecule has 9 rings (SSSR count). The molecule has 0 amide bonds. The van der Waals surface area contributed by atoms with Crippen molar-refractivity contribution >= 4 is 33.6 Å². The number of ether oxygens (including phenoxy) is 1. The van der Waals surface area contributed by atoms with Gasteiger partial charge in [0, 0.05) is 6.42 Å². The minimum absolute atomic E-state index is 0.324. The average molecular weight is 601 g/mol. The lowest BCUT2D eigenvalue weighted by atomic mass is 9.47. The van der Waals surface area contributed by atoms with Crippen molar-refractivity contribution in [2.24, 2.45) is 34.5 Å². The summed E-state index contributed by atoms with van der Waals surface area (Å²) in [4.78, 5) is 11.0. The van der Waals surface area contributed by atoms with Crippen LogP contribution in [0.1, 0.15) is 95.6 Å². The molecule has 0 radical (unpaired) electrons. The zero-order valence-electron chi connectivity index (χ0n) is 27.1. The molecular weight excluding hydrogens is 552 g/mol. The monoisotopic (exact) mass is 600 g/mol. The van der Waals surface area contributed by atoms with Gasteiger partial charge in [0.15, 0.2) is 0 Å². The maximum atomic E-state index is 11.0. The second-order valence-corrected chi connectivity index (χ2v) is 15.5. The van der Waals surface area contributed by atoms with E-state index in [4.69, 9.17) is 9.84 Å². The molecule has 7 atom stereocenters. The molecule has 234 valence electrons. The van der Waals surface area contributed by atoms with E-state index in [1.807, 2.05) is 0 Å². The number of carboxylic acid groups (broad SMARTS) is 1. The molecule has 3 nitrogen and oxygen atoms in total. The first kappa shape index (κ1) is 29.2. The summed E-state index contributed by atoms with van der Waals surface area (Å²) in [5.74, 6) is 2.69. The second-order valence-electron chi connectivity index (χ2n) is 15.5. The number of aliphatic carboxylic acids is 1. The molecule has 1 unspecified atom stereocenters. The summed E-state index contributed by atoms with van der Waals surface area (Å²) in [6.07, 6.45) is 24.7. The molecule has 3 fully saturated rings. The van der Waals surface area contributed by atoms with E-state index in [1.165, 1.54) is 90.5 Å². The topological polar surface area (TPSA) is 46.5 Å². The van der Waals surface area contributed by atoms with E-state index < -0.39 is 5.97 Å². The van der Waals surface area contributed by atoms with Gasteiger partial charge in [-0.15, -0.1) is 0 Å². The molecule has 0 aromatic heterocycles. The Kier molecular flexibility index (Phi) is 7.13. The number of hydrogen-bond acceptors (Lipinski definition) is 2. The van der Waals surface area contributed by atoms with Crippen LogP contribution in [0.3, 0.4) is 0 Å². The van der Waals surface area contributed by atoms with Crippen LogP contribution >= 0.6 is 0 Å². The van der Waals surface area contributed by atoms with Crippen LogP contribution in [-0.4, -0.2) is 17.7 Å². The number of allylic oxidation sites excluding steroid dienone is 2. The van der Waals surface area contributed by atoms with Crippen molar-refractivity contribution in [3.8, 4) is 0 Å².